The Labute approximate surface area is 162 Å². The first-order chi connectivity index (χ1) is 13.2. The lowest BCUT2D eigenvalue weighted by Crippen LogP contribution is -2.24. The quantitative estimate of drug-likeness (QED) is 0.482. The van der Waals surface area contributed by atoms with Gasteiger partial charge >= 0.3 is 11.9 Å². The van der Waals surface area contributed by atoms with Gasteiger partial charge in [-0.1, -0.05) is 38.3 Å². The summed E-state index contributed by atoms with van der Waals surface area (Å²) in [4.78, 5) is 25.2. The summed E-state index contributed by atoms with van der Waals surface area (Å²) in [6, 6.07) is 6.72. The van der Waals surface area contributed by atoms with Gasteiger partial charge in [0.2, 0.25) is 0 Å². The van der Waals surface area contributed by atoms with Crippen LogP contribution in [0.2, 0.25) is 0 Å². The molecular weight excluding hydrogens is 340 g/mol. The van der Waals surface area contributed by atoms with E-state index in [9.17, 15) is 9.59 Å². The van der Waals surface area contributed by atoms with Crippen molar-refractivity contribution in [1.82, 2.24) is 0 Å². The van der Waals surface area contributed by atoms with Crippen LogP contribution in [-0.4, -0.2) is 24.1 Å². The summed E-state index contributed by atoms with van der Waals surface area (Å²) in [5, 5.41) is 0. The van der Waals surface area contributed by atoms with Crippen LogP contribution in [0.3, 0.4) is 0 Å². The Hall–Kier alpha value is -2.28. The first-order valence-electron chi connectivity index (χ1n) is 10.1. The molecule has 1 aliphatic rings. The third-order valence-electron chi connectivity index (χ3n) is 4.75. The van der Waals surface area contributed by atoms with Crippen LogP contribution in [0.5, 0.6) is 0 Å². The van der Waals surface area contributed by atoms with E-state index in [4.69, 9.17) is 9.47 Å². The Morgan fingerprint density at radius 2 is 1.70 bits per heavy atom. The molecule has 1 aromatic carbocycles. The molecular formula is C23H30O4. The van der Waals surface area contributed by atoms with E-state index >= 15 is 0 Å². The van der Waals surface area contributed by atoms with E-state index in [1.54, 1.807) is 24.3 Å². The average Bonchev–Trinajstić information content (AvgIpc) is 2.70. The predicted molar refractivity (Wildman–Crippen MR) is 106 cm³/mol. The molecule has 146 valence electrons. The molecule has 4 heteroatoms. The lowest BCUT2D eigenvalue weighted by atomic mass is 9.97. The Kier molecular flexibility index (Phi) is 8.91. The highest BCUT2D eigenvalue weighted by molar-refractivity contribution is 6.03. The van der Waals surface area contributed by atoms with Crippen molar-refractivity contribution in [2.24, 2.45) is 0 Å². The smallest absolute Gasteiger partial charge is 0.339 e. The zero-order valence-electron chi connectivity index (χ0n) is 16.5. The molecule has 0 saturated heterocycles. The van der Waals surface area contributed by atoms with Gasteiger partial charge in [-0.3, -0.25) is 0 Å². The predicted octanol–water partition coefficient (Wildman–Crippen LogP) is 5.31. The minimum absolute atomic E-state index is 0.0486. The number of carbonyl (C=O) groups excluding carboxylic acids is 2. The minimum Gasteiger partial charge on any atom is -0.459 e. The fourth-order valence-electron chi connectivity index (χ4n) is 3.12. The highest BCUT2D eigenvalue weighted by Crippen LogP contribution is 2.22. The van der Waals surface area contributed by atoms with Crippen LogP contribution in [0.25, 0.3) is 0 Å². The monoisotopic (exact) mass is 370 g/mol. The number of esters is 2. The van der Waals surface area contributed by atoms with Crippen molar-refractivity contribution in [3.05, 3.63) is 35.4 Å². The molecule has 0 radical (unpaired) electrons. The minimum atomic E-state index is -0.490. The Balaban J connectivity index is 2.03. The van der Waals surface area contributed by atoms with E-state index < -0.39 is 11.9 Å². The summed E-state index contributed by atoms with van der Waals surface area (Å²) in [7, 11) is 0. The third-order valence-corrected chi connectivity index (χ3v) is 4.75. The molecule has 1 saturated carbocycles. The third kappa shape index (κ3) is 6.75. The van der Waals surface area contributed by atoms with Gasteiger partial charge in [0, 0.05) is 12.8 Å². The molecule has 0 bridgehead atoms. The van der Waals surface area contributed by atoms with Gasteiger partial charge < -0.3 is 9.47 Å². The maximum absolute atomic E-state index is 12.6. The van der Waals surface area contributed by atoms with E-state index in [0.717, 1.165) is 38.5 Å². The van der Waals surface area contributed by atoms with Crippen molar-refractivity contribution in [2.75, 3.05) is 0 Å². The number of benzene rings is 1. The van der Waals surface area contributed by atoms with Gasteiger partial charge in [0.15, 0.2) is 0 Å². The van der Waals surface area contributed by atoms with Gasteiger partial charge in [0.05, 0.1) is 11.1 Å². The van der Waals surface area contributed by atoms with Crippen molar-refractivity contribution < 1.29 is 19.1 Å². The van der Waals surface area contributed by atoms with E-state index in [0.29, 0.717) is 12.8 Å². The molecule has 1 unspecified atom stereocenters. The highest BCUT2D eigenvalue weighted by Gasteiger charge is 2.24. The summed E-state index contributed by atoms with van der Waals surface area (Å²) >= 11 is 0. The topological polar surface area (TPSA) is 52.6 Å². The van der Waals surface area contributed by atoms with E-state index in [1.807, 2.05) is 6.92 Å². The highest BCUT2D eigenvalue weighted by atomic mass is 16.5. The number of rotatable bonds is 7. The fourth-order valence-corrected chi connectivity index (χ4v) is 3.12. The molecule has 0 heterocycles. The molecule has 1 fully saturated rings. The van der Waals surface area contributed by atoms with Crippen molar-refractivity contribution in [3.63, 3.8) is 0 Å². The van der Waals surface area contributed by atoms with Crippen LogP contribution in [-0.2, 0) is 9.47 Å². The molecule has 1 aliphatic carbocycles. The molecule has 1 aromatic rings. The van der Waals surface area contributed by atoms with Crippen molar-refractivity contribution >= 4 is 11.9 Å². The number of carbonyl (C=O) groups is 2. The number of hydrogen-bond acceptors (Lipinski definition) is 4. The summed E-state index contributed by atoms with van der Waals surface area (Å²) in [5.41, 5.74) is 0.540. The number of unbranched alkanes of at least 4 members (excludes halogenated alkanes) is 1. The summed E-state index contributed by atoms with van der Waals surface area (Å²) in [6.07, 6.45) is 7.88. The molecule has 2 rings (SSSR count). The normalized spacial score (nSPS) is 15.3. The molecule has 0 aliphatic heterocycles. The average molecular weight is 370 g/mol. The fraction of sp³-hybridized carbons (Fsp3) is 0.565. The lowest BCUT2D eigenvalue weighted by Gasteiger charge is -2.22. The molecule has 27 heavy (non-hydrogen) atoms. The largest absolute Gasteiger partial charge is 0.459 e. The van der Waals surface area contributed by atoms with Crippen molar-refractivity contribution in [3.8, 4) is 11.8 Å². The van der Waals surface area contributed by atoms with Crippen molar-refractivity contribution in [2.45, 2.75) is 83.8 Å². The van der Waals surface area contributed by atoms with Crippen LogP contribution >= 0.6 is 0 Å². The molecule has 0 aromatic heterocycles. The van der Waals surface area contributed by atoms with Crippen LogP contribution < -0.4 is 0 Å². The van der Waals surface area contributed by atoms with E-state index in [-0.39, 0.29) is 23.3 Å². The van der Waals surface area contributed by atoms with Gasteiger partial charge in [-0.15, -0.1) is 5.92 Å². The molecule has 0 amide bonds. The molecule has 4 nitrogen and oxygen atoms in total. The zero-order chi connectivity index (χ0) is 19.5. The number of hydrogen-bond donors (Lipinski definition) is 0. The Morgan fingerprint density at radius 1 is 1.04 bits per heavy atom. The van der Waals surface area contributed by atoms with Crippen LogP contribution in [0.1, 0.15) is 92.4 Å². The van der Waals surface area contributed by atoms with Gasteiger partial charge in [0.1, 0.15) is 12.2 Å². The molecule has 0 spiro atoms. The van der Waals surface area contributed by atoms with Crippen LogP contribution in [0.15, 0.2) is 24.3 Å². The second kappa shape index (κ2) is 11.4. The second-order valence-corrected chi connectivity index (χ2v) is 6.95. The SMILES string of the molecule is CCCC#CCC(CC)OC(=O)c1ccccc1C(=O)OC1CCCCC1. The maximum Gasteiger partial charge on any atom is 0.339 e. The van der Waals surface area contributed by atoms with Gasteiger partial charge in [0.25, 0.3) is 0 Å². The standard InChI is InChI=1S/C23H30O4/c1-3-5-6-8-13-18(4-2)26-22(24)20-16-11-12-17-21(20)23(25)27-19-14-9-7-10-15-19/h11-12,16-19H,3-5,7,9-10,13-15H2,1-2H3. The molecule has 1 atom stereocenters. The first-order valence-corrected chi connectivity index (χ1v) is 10.1. The molecule has 0 N–H and O–H groups in total. The summed E-state index contributed by atoms with van der Waals surface area (Å²) in [5.74, 6) is 5.21. The number of ether oxygens (including phenoxy) is 2. The Morgan fingerprint density at radius 3 is 2.33 bits per heavy atom. The Bertz CT molecular complexity index is 677. The van der Waals surface area contributed by atoms with Crippen LogP contribution in [0.4, 0.5) is 0 Å². The maximum atomic E-state index is 12.6. The summed E-state index contributed by atoms with van der Waals surface area (Å²) in [6.45, 7) is 4.04. The second-order valence-electron chi connectivity index (χ2n) is 6.95. The van der Waals surface area contributed by atoms with E-state index in [1.165, 1.54) is 6.42 Å². The van der Waals surface area contributed by atoms with Crippen molar-refractivity contribution in [1.29, 1.82) is 0 Å². The first kappa shape index (κ1) is 21.0. The van der Waals surface area contributed by atoms with E-state index in [2.05, 4.69) is 18.8 Å². The summed E-state index contributed by atoms with van der Waals surface area (Å²) < 4.78 is 11.2. The van der Waals surface area contributed by atoms with Gasteiger partial charge in [-0.25, -0.2) is 9.59 Å². The zero-order valence-corrected chi connectivity index (χ0v) is 16.5. The van der Waals surface area contributed by atoms with Crippen LogP contribution in [0, 0.1) is 11.8 Å². The lowest BCUT2D eigenvalue weighted by molar-refractivity contribution is 0.0191. The van der Waals surface area contributed by atoms with Gasteiger partial charge in [-0.2, -0.15) is 0 Å². The van der Waals surface area contributed by atoms with Gasteiger partial charge in [-0.05, 0) is 50.7 Å².